The van der Waals surface area contributed by atoms with Gasteiger partial charge in [0.05, 0.1) is 13.2 Å². The molecule has 3 nitrogen and oxygen atoms in total. The summed E-state index contributed by atoms with van der Waals surface area (Å²) in [7, 11) is 0. The highest BCUT2D eigenvalue weighted by molar-refractivity contribution is 8.23. The van der Waals surface area contributed by atoms with Crippen LogP contribution in [0.3, 0.4) is 0 Å². The van der Waals surface area contributed by atoms with E-state index in [9.17, 15) is 0 Å². The van der Waals surface area contributed by atoms with E-state index in [0.29, 0.717) is 13.2 Å². The Morgan fingerprint density at radius 1 is 1.05 bits per heavy atom. The monoisotopic (exact) mass is 309 g/mol. The van der Waals surface area contributed by atoms with Crippen LogP contribution in [-0.4, -0.2) is 35.5 Å². The maximum Gasteiger partial charge on any atom is 0.252 e. The SMILES string of the molecule is S=C(SC1(c2ccccc2)OCCO1)N1CCCCC1. The number of ether oxygens (including phenoxy) is 2. The van der Waals surface area contributed by atoms with E-state index < -0.39 is 5.12 Å². The molecule has 2 heterocycles. The zero-order valence-corrected chi connectivity index (χ0v) is 13.0. The number of thiocarbonyl (C=S) groups is 1. The van der Waals surface area contributed by atoms with Crippen LogP contribution in [0.1, 0.15) is 24.8 Å². The van der Waals surface area contributed by atoms with Crippen LogP contribution in [0.2, 0.25) is 0 Å². The normalized spacial score (nSPS) is 21.9. The predicted octanol–water partition coefficient (Wildman–Crippen LogP) is 3.35. The summed E-state index contributed by atoms with van der Waals surface area (Å²) in [6.07, 6.45) is 3.75. The van der Waals surface area contributed by atoms with Crippen molar-refractivity contribution in [3.05, 3.63) is 35.9 Å². The number of likely N-dealkylation sites (tertiary alicyclic amines) is 1. The van der Waals surface area contributed by atoms with E-state index in [1.54, 1.807) is 0 Å². The van der Waals surface area contributed by atoms with Gasteiger partial charge in [0.25, 0.3) is 5.12 Å². The summed E-state index contributed by atoms with van der Waals surface area (Å²) < 4.78 is 12.7. The van der Waals surface area contributed by atoms with Crippen LogP contribution in [0.15, 0.2) is 30.3 Å². The van der Waals surface area contributed by atoms with Crippen LogP contribution in [0.5, 0.6) is 0 Å². The van der Waals surface area contributed by atoms with Gasteiger partial charge in [-0.25, -0.2) is 0 Å². The Kier molecular flexibility index (Phi) is 4.61. The van der Waals surface area contributed by atoms with Crippen LogP contribution in [0.25, 0.3) is 0 Å². The molecule has 0 saturated carbocycles. The van der Waals surface area contributed by atoms with E-state index in [4.69, 9.17) is 21.7 Å². The summed E-state index contributed by atoms with van der Waals surface area (Å²) in [6.45, 7) is 3.34. The molecule has 5 heteroatoms. The minimum Gasteiger partial charge on any atom is -0.357 e. The molecule has 0 aromatic heterocycles. The highest BCUT2D eigenvalue weighted by Gasteiger charge is 2.41. The molecule has 3 rings (SSSR count). The molecule has 0 bridgehead atoms. The summed E-state index contributed by atoms with van der Waals surface area (Å²) in [5.74, 6) is 0. The summed E-state index contributed by atoms with van der Waals surface area (Å²) in [6, 6.07) is 10.1. The molecule has 108 valence electrons. The molecule has 0 unspecified atom stereocenters. The zero-order valence-electron chi connectivity index (χ0n) is 11.4. The minimum absolute atomic E-state index is 0.616. The average molecular weight is 309 g/mol. The lowest BCUT2D eigenvalue weighted by Crippen LogP contribution is -2.36. The van der Waals surface area contributed by atoms with Gasteiger partial charge < -0.3 is 14.4 Å². The van der Waals surface area contributed by atoms with Gasteiger partial charge >= 0.3 is 0 Å². The van der Waals surface area contributed by atoms with Gasteiger partial charge in [0.1, 0.15) is 4.32 Å². The van der Waals surface area contributed by atoms with Crippen LogP contribution in [0.4, 0.5) is 0 Å². The molecule has 0 spiro atoms. The first kappa shape index (κ1) is 14.3. The second-order valence-corrected chi connectivity index (χ2v) is 6.81. The van der Waals surface area contributed by atoms with Crippen LogP contribution in [-0.2, 0) is 14.6 Å². The number of thioether (sulfide) groups is 1. The maximum atomic E-state index is 5.91. The van der Waals surface area contributed by atoms with Gasteiger partial charge in [0.2, 0.25) is 0 Å². The molecule has 0 N–H and O–H groups in total. The number of piperidine rings is 1. The van der Waals surface area contributed by atoms with Crippen molar-refractivity contribution in [3.63, 3.8) is 0 Å². The summed E-state index contributed by atoms with van der Waals surface area (Å²) in [5.41, 5.74) is 1.03. The van der Waals surface area contributed by atoms with Gasteiger partial charge in [-0.15, -0.1) is 0 Å². The fourth-order valence-corrected chi connectivity index (χ4v) is 4.17. The van der Waals surface area contributed by atoms with Gasteiger partial charge in [0.15, 0.2) is 0 Å². The molecule has 0 aliphatic carbocycles. The minimum atomic E-state index is -0.754. The van der Waals surface area contributed by atoms with Gasteiger partial charge in [-0.3, -0.25) is 0 Å². The van der Waals surface area contributed by atoms with Crippen molar-refractivity contribution in [3.8, 4) is 0 Å². The molecule has 2 fully saturated rings. The van der Waals surface area contributed by atoms with Crippen molar-refractivity contribution in [2.75, 3.05) is 26.3 Å². The van der Waals surface area contributed by atoms with Gasteiger partial charge in [-0.1, -0.05) is 42.5 Å². The predicted molar refractivity (Wildman–Crippen MR) is 85.6 cm³/mol. The Hall–Kier alpha value is -0.620. The first-order valence-corrected chi connectivity index (χ1v) is 8.34. The number of nitrogens with zero attached hydrogens (tertiary/aromatic N) is 1. The Bertz CT molecular complexity index is 454. The second-order valence-electron chi connectivity index (χ2n) is 5.03. The van der Waals surface area contributed by atoms with E-state index in [2.05, 4.69) is 4.90 Å². The summed E-state index contributed by atoms with van der Waals surface area (Å²) in [4.78, 5) is 2.28. The van der Waals surface area contributed by atoms with E-state index in [1.807, 2.05) is 30.3 Å². The summed E-state index contributed by atoms with van der Waals surface area (Å²) >= 11 is 7.14. The molecule has 2 saturated heterocycles. The molecule has 0 amide bonds. The molecule has 2 aliphatic heterocycles. The Labute approximate surface area is 129 Å². The zero-order chi connectivity index (χ0) is 13.8. The van der Waals surface area contributed by atoms with Crippen molar-refractivity contribution < 1.29 is 9.47 Å². The number of hydrogen-bond donors (Lipinski definition) is 0. The summed E-state index contributed by atoms with van der Waals surface area (Å²) in [5, 5.41) is -0.754. The molecular weight excluding hydrogens is 290 g/mol. The fourth-order valence-electron chi connectivity index (χ4n) is 2.58. The highest BCUT2D eigenvalue weighted by atomic mass is 32.2. The third-order valence-electron chi connectivity index (χ3n) is 3.63. The van der Waals surface area contributed by atoms with Crippen LogP contribution >= 0.6 is 24.0 Å². The van der Waals surface area contributed by atoms with Gasteiger partial charge in [0, 0.05) is 18.7 Å². The lowest BCUT2D eigenvalue weighted by Gasteiger charge is -2.33. The molecule has 1 aromatic carbocycles. The first-order chi connectivity index (χ1) is 9.80. The maximum absolute atomic E-state index is 5.91. The lowest BCUT2D eigenvalue weighted by atomic mass is 10.1. The van der Waals surface area contributed by atoms with E-state index in [1.165, 1.54) is 31.0 Å². The van der Waals surface area contributed by atoms with Crippen molar-refractivity contribution in [1.82, 2.24) is 4.90 Å². The van der Waals surface area contributed by atoms with Crippen molar-refractivity contribution in [1.29, 1.82) is 0 Å². The Morgan fingerprint density at radius 2 is 1.70 bits per heavy atom. The van der Waals surface area contributed by atoms with Crippen molar-refractivity contribution in [2.24, 2.45) is 0 Å². The third-order valence-corrected chi connectivity index (χ3v) is 5.31. The third kappa shape index (κ3) is 3.01. The fraction of sp³-hybridized carbons (Fsp3) is 0.533. The number of hydrogen-bond acceptors (Lipinski definition) is 4. The largest absolute Gasteiger partial charge is 0.357 e. The lowest BCUT2D eigenvalue weighted by molar-refractivity contribution is -0.0806. The van der Waals surface area contributed by atoms with E-state index in [0.717, 1.165) is 23.0 Å². The molecule has 0 radical (unpaired) electrons. The van der Waals surface area contributed by atoms with E-state index >= 15 is 0 Å². The Balaban J connectivity index is 1.76. The second kappa shape index (κ2) is 6.43. The Morgan fingerprint density at radius 3 is 2.35 bits per heavy atom. The van der Waals surface area contributed by atoms with Gasteiger partial charge in [-0.05, 0) is 31.0 Å². The van der Waals surface area contributed by atoms with Crippen LogP contribution in [0, 0.1) is 0 Å². The van der Waals surface area contributed by atoms with Crippen molar-refractivity contribution in [2.45, 2.75) is 24.4 Å². The van der Waals surface area contributed by atoms with Gasteiger partial charge in [-0.2, -0.15) is 0 Å². The van der Waals surface area contributed by atoms with Crippen molar-refractivity contribution >= 4 is 28.3 Å². The molecule has 0 atom stereocenters. The van der Waals surface area contributed by atoms with E-state index in [-0.39, 0.29) is 0 Å². The molecule has 1 aromatic rings. The topological polar surface area (TPSA) is 21.7 Å². The quantitative estimate of drug-likeness (QED) is 0.779. The molecule has 20 heavy (non-hydrogen) atoms. The number of rotatable bonds is 2. The highest BCUT2D eigenvalue weighted by Crippen LogP contribution is 2.43. The molecule has 2 aliphatic rings. The van der Waals surface area contributed by atoms with Crippen LogP contribution < -0.4 is 0 Å². The average Bonchev–Trinajstić information content (AvgIpc) is 2.99. The molecular formula is C15H19NO2S2. The number of benzene rings is 1. The smallest absolute Gasteiger partial charge is 0.252 e. The first-order valence-electron chi connectivity index (χ1n) is 7.11. The standard InChI is InChI=1S/C15H19NO2S2/c19-14(16-9-5-2-6-10-16)20-15(17-11-12-18-15)13-7-3-1-4-8-13/h1,3-4,7-8H,2,5-6,9-12H2.